The van der Waals surface area contributed by atoms with Crippen LogP contribution in [0, 0.1) is 0 Å². The fourth-order valence-corrected chi connectivity index (χ4v) is 1.21. The zero-order chi connectivity index (χ0) is 8.39. The van der Waals surface area contributed by atoms with Crippen molar-refractivity contribution in [1.82, 2.24) is 5.32 Å². The number of rotatable bonds is 0. The van der Waals surface area contributed by atoms with Gasteiger partial charge in [-0.25, -0.2) is 4.99 Å². The highest BCUT2D eigenvalue weighted by Gasteiger charge is 2.07. The lowest BCUT2D eigenvalue weighted by molar-refractivity contribution is 0.936. The monoisotopic (exact) mass is 158 g/mol. The lowest BCUT2D eigenvalue weighted by Crippen LogP contribution is -2.14. The third kappa shape index (κ3) is 1.23. The minimum absolute atomic E-state index is 0.896. The van der Waals surface area contributed by atoms with Crippen LogP contribution in [-0.2, 0) is 0 Å². The Balaban J connectivity index is 2.36. The Hall–Kier alpha value is -1.57. The Bertz CT molecular complexity index is 330. The topological polar surface area (TPSA) is 24.4 Å². The van der Waals surface area contributed by atoms with Gasteiger partial charge in [0.05, 0.1) is 0 Å². The summed E-state index contributed by atoms with van der Waals surface area (Å²) in [5, 5.41) is 3.12. The van der Waals surface area contributed by atoms with E-state index in [9.17, 15) is 0 Å². The van der Waals surface area contributed by atoms with Gasteiger partial charge in [-0.05, 0) is 24.1 Å². The van der Waals surface area contributed by atoms with Gasteiger partial charge >= 0.3 is 0 Å². The van der Waals surface area contributed by atoms with E-state index in [2.05, 4.69) is 29.0 Å². The van der Waals surface area contributed by atoms with Crippen LogP contribution in [-0.4, -0.2) is 6.21 Å². The zero-order valence-electron chi connectivity index (χ0n) is 6.75. The van der Waals surface area contributed by atoms with E-state index in [1.54, 1.807) is 6.21 Å². The van der Waals surface area contributed by atoms with E-state index in [1.807, 2.05) is 12.2 Å². The molecule has 0 aliphatic carbocycles. The van der Waals surface area contributed by atoms with E-state index in [0.29, 0.717) is 0 Å². The number of aliphatic imine (C=N–C) groups is 1. The molecule has 0 bridgehead atoms. The molecule has 0 aromatic carbocycles. The van der Waals surface area contributed by atoms with Crippen LogP contribution in [0.25, 0.3) is 0 Å². The number of dihydropyridines is 1. The molecule has 0 radical (unpaired) electrons. The lowest BCUT2D eigenvalue weighted by atomic mass is 10.1. The van der Waals surface area contributed by atoms with Crippen molar-refractivity contribution < 1.29 is 0 Å². The fraction of sp³-hybridized carbons (Fsp3) is 0.100. The normalized spacial score (nSPS) is 20.5. The molecule has 0 unspecified atom stereocenters. The molecule has 0 saturated heterocycles. The third-order valence-electron chi connectivity index (χ3n) is 1.83. The van der Waals surface area contributed by atoms with Gasteiger partial charge in [-0.2, -0.15) is 0 Å². The summed E-state index contributed by atoms with van der Waals surface area (Å²) in [6, 6.07) is 0. The molecule has 0 amide bonds. The van der Waals surface area contributed by atoms with Gasteiger partial charge in [-0.15, -0.1) is 0 Å². The summed E-state index contributed by atoms with van der Waals surface area (Å²) in [4.78, 5) is 4.24. The van der Waals surface area contributed by atoms with E-state index in [-0.39, 0.29) is 0 Å². The van der Waals surface area contributed by atoms with Crippen molar-refractivity contribution in [3.8, 4) is 0 Å². The molecule has 0 saturated carbocycles. The third-order valence-corrected chi connectivity index (χ3v) is 1.83. The van der Waals surface area contributed by atoms with Crippen molar-refractivity contribution in [2.45, 2.75) is 6.42 Å². The second kappa shape index (κ2) is 2.81. The van der Waals surface area contributed by atoms with Gasteiger partial charge < -0.3 is 5.32 Å². The quantitative estimate of drug-likeness (QED) is 0.572. The molecule has 2 aliphatic heterocycles. The summed E-state index contributed by atoms with van der Waals surface area (Å²) in [5.41, 5.74) is 2.11. The predicted octanol–water partition coefficient (Wildman–Crippen LogP) is 1.90. The Morgan fingerprint density at radius 3 is 3.25 bits per heavy atom. The van der Waals surface area contributed by atoms with Gasteiger partial charge in [0.15, 0.2) is 0 Å². The van der Waals surface area contributed by atoms with Crippen LogP contribution in [0.2, 0.25) is 0 Å². The van der Waals surface area contributed by atoms with Crippen molar-refractivity contribution in [3.63, 3.8) is 0 Å². The number of allylic oxidation sites excluding steroid dienone is 5. The molecule has 60 valence electrons. The smallest absolute Gasteiger partial charge is 0.133 e. The molecule has 0 atom stereocenters. The molecule has 2 heteroatoms. The van der Waals surface area contributed by atoms with E-state index in [4.69, 9.17) is 0 Å². The zero-order valence-corrected chi connectivity index (χ0v) is 6.75. The molecule has 0 aromatic rings. The van der Waals surface area contributed by atoms with Crippen LogP contribution in [0.1, 0.15) is 6.42 Å². The highest BCUT2D eigenvalue weighted by atomic mass is 15.0. The second-order valence-electron chi connectivity index (χ2n) is 2.77. The molecule has 2 nitrogen and oxygen atoms in total. The Labute approximate surface area is 71.7 Å². The number of hydrogen-bond donors (Lipinski definition) is 1. The van der Waals surface area contributed by atoms with Gasteiger partial charge in [0.25, 0.3) is 0 Å². The maximum atomic E-state index is 4.24. The standard InChI is InChI=1S/C10H10N2/c1-8-5-6-9-4-2-3-7-11-10(9)12-8/h2-3,5-7,12H,1,4H2. The summed E-state index contributed by atoms with van der Waals surface area (Å²) >= 11 is 0. The largest absolute Gasteiger partial charge is 0.341 e. The molecule has 0 spiro atoms. The van der Waals surface area contributed by atoms with Crippen LogP contribution in [0.4, 0.5) is 0 Å². The van der Waals surface area contributed by atoms with Gasteiger partial charge in [0, 0.05) is 11.9 Å². The summed E-state index contributed by atoms with van der Waals surface area (Å²) in [6.07, 6.45) is 10.8. The van der Waals surface area contributed by atoms with Crippen molar-refractivity contribution >= 4 is 6.21 Å². The number of hydrogen-bond acceptors (Lipinski definition) is 2. The molecule has 0 fully saturated rings. The molecular formula is C10H10N2. The molecule has 0 aromatic heterocycles. The fourth-order valence-electron chi connectivity index (χ4n) is 1.21. The minimum Gasteiger partial charge on any atom is -0.341 e. The maximum Gasteiger partial charge on any atom is 0.133 e. The van der Waals surface area contributed by atoms with E-state index >= 15 is 0 Å². The molecule has 2 aliphatic rings. The first-order chi connectivity index (χ1) is 5.86. The molecule has 1 N–H and O–H groups in total. The van der Waals surface area contributed by atoms with Crippen molar-refractivity contribution in [3.05, 3.63) is 48.0 Å². The van der Waals surface area contributed by atoms with Crippen molar-refractivity contribution in [1.29, 1.82) is 0 Å². The SMILES string of the molecule is C=C1C=CC2=C(N=CC=CC2)N1. The number of nitrogens with one attached hydrogen (secondary N) is 1. The first kappa shape index (κ1) is 7.10. The van der Waals surface area contributed by atoms with Crippen LogP contribution in [0.3, 0.4) is 0 Å². The van der Waals surface area contributed by atoms with Crippen LogP contribution >= 0.6 is 0 Å². The maximum absolute atomic E-state index is 4.24. The van der Waals surface area contributed by atoms with Gasteiger partial charge in [0.1, 0.15) is 5.82 Å². The van der Waals surface area contributed by atoms with E-state index < -0.39 is 0 Å². The Kier molecular flexibility index (Phi) is 1.67. The van der Waals surface area contributed by atoms with Crippen molar-refractivity contribution in [2.75, 3.05) is 0 Å². The summed E-state index contributed by atoms with van der Waals surface area (Å²) in [6.45, 7) is 3.81. The Morgan fingerprint density at radius 2 is 2.33 bits per heavy atom. The van der Waals surface area contributed by atoms with Gasteiger partial charge in [-0.3, -0.25) is 0 Å². The van der Waals surface area contributed by atoms with Crippen LogP contribution in [0.5, 0.6) is 0 Å². The first-order valence-electron chi connectivity index (χ1n) is 3.92. The number of nitrogens with zero attached hydrogens (tertiary/aromatic N) is 1. The minimum atomic E-state index is 0.896. The Morgan fingerprint density at radius 1 is 1.42 bits per heavy atom. The molecule has 2 rings (SSSR count). The molecular weight excluding hydrogens is 148 g/mol. The van der Waals surface area contributed by atoms with Crippen molar-refractivity contribution in [2.24, 2.45) is 4.99 Å². The van der Waals surface area contributed by atoms with Crippen LogP contribution in [0.15, 0.2) is 53.0 Å². The van der Waals surface area contributed by atoms with Gasteiger partial charge in [-0.1, -0.05) is 18.7 Å². The van der Waals surface area contributed by atoms with Gasteiger partial charge in [0.2, 0.25) is 0 Å². The molecule has 2 heterocycles. The second-order valence-corrected chi connectivity index (χ2v) is 2.77. The molecule has 12 heavy (non-hydrogen) atoms. The summed E-state index contributed by atoms with van der Waals surface area (Å²) < 4.78 is 0. The predicted molar refractivity (Wildman–Crippen MR) is 50.7 cm³/mol. The lowest BCUT2D eigenvalue weighted by Gasteiger charge is -2.13. The average molecular weight is 158 g/mol. The highest BCUT2D eigenvalue weighted by molar-refractivity contribution is 5.73. The summed E-state index contributed by atoms with van der Waals surface area (Å²) in [5.74, 6) is 0.924. The first-order valence-corrected chi connectivity index (χ1v) is 3.92. The summed E-state index contributed by atoms with van der Waals surface area (Å²) in [7, 11) is 0. The average Bonchev–Trinajstić information content (AvgIpc) is 2.28. The highest BCUT2D eigenvalue weighted by Crippen LogP contribution is 2.18. The van der Waals surface area contributed by atoms with Crippen LogP contribution < -0.4 is 5.32 Å². The van der Waals surface area contributed by atoms with E-state index in [0.717, 1.165) is 17.9 Å². The van der Waals surface area contributed by atoms with E-state index in [1.165, 1.54) is 5.57 Å².